The normalized spacial score (nSPS) is 21.4. The molecule has 13 heteroatoms. The highest BCUT2D eigenvalue weighted by atomic mass is 79.9. The van der Waals surface area contributed by atoms with E-state index < -0.39 is 59.2 Å². The van der Waals surface area contributed by atoms with Crippen LogP contribution in [0.25, 0.3) is 0 Å². The van der Waals surface area contributed by atoms with Crippen LogP contribution in [0, 0.1) is 24.5 Å². The molecule has 3 aliphatic rings. The number of aromatic nitrogens is 3. The second kappa shape index (κ2) is 10.1. The summed E-state index contributed by atoms with van der Waals surface area (Å²) < 4.78 is 60.0. The van der Waals surface area contributed by atoms with Crippen LogP contribution in [-0.4, -0.2) is 32.5 Å². The molecule has 1 fully saturated rings. The number of hydrogen-bond donors (Lipinski definition) is 1. The molecule has 8 nitrogen and oxygen atoms in total. The number of hydrogen-bond acceptors (Lipinski definition) is 5. The molecular weight excluding hydrogens is 658 g/mol. The van der Waals surface area contributed by atoms with Gasteiger partial charge < -0.3 is 5.32 Å². The standard InChI is InChI=1S/C32H24BrF4N5O3/c1-15-26-28(32(36,37)24-12-31(24,26)2)41(40-15)14-25(43)39-23(9-16-7-17(34)10-18(35)8-16)27-22(33)11-19(13-38-27)42-29(44)20-5-3-4-6-21(20)30(42)45/h3-8,10-11,13,23-24H,9,12,14H2,1-2H3,(H,39,43)/t23-,24+,31-/m0/s1. The molecule has 0 radical (unpaired) electrons. The molecule has 0 bridgehead atoms. The van der Waals surface area contributed by atoms with Crippen LogP contribution in [0.1, 0.15) is 68.3 Å². The Morgan fingerprint density at radius 2 is 1.73 bits per heavy atom. The molecule has 0 spiro atoms. The average molecular weight is 682 g/mol. The number of aryl methyl sites for hydroxylation is 1. The van der Waals surface area contributed by atoms with E-state index in [0.29, 0.717) is 23.7 Å². The van der Waals surface area contributed by atoms with Crippen LogP contribution in [0.3, 0.4) is 0 Å². The van der Waals surface area contributed by atoms with Gasteiger partial charge in [0.1, 0.15) is 23.9 Å². The lowest BCUT2D eigenvalue weighted by Gasteiger charge is -2.22. The highest BCUT2D eigenvalue weighted by molar-refractivity contribution is 9.10. The Morgan fingerprint density at radius 1 is 1.09 bits per heavy atom. The molecule has 0 saturated heterocycles. The Kier molecular flexibility index (Phi) is 6.56. The van der Waals surface area contributed by atoms with Crippen LogP contribution in [0.5, 0.6) is 0 Å². The first-order valence-corrected chi connectivity index (χ1v) is 14.9. The highest BCUT2D eigenvalue weighted by Crippen LogP contribution is 2.71. The third-order valence-electron chi connectivity index (χ3n) is 8.92. The van der Waals surface area contributed by atoms with Gasteiger partial charge in [0.15, 0.2) is 0 Å². The summed E-state index contributed by atoms with van der Waals surface area (Å²) in [6.45, 7) is 2.90. The maximum absolute atomic E-state index is 15.3. The molecule has 45 heavy (non-hydrogen) atoms. The fourth-order valence-corrected chi connectivity index (χ4v) is 7.46. The molecule has 7 rings (SSSR count). The minimum Gasteiger partial charge on any atom is -0.346 e. The van der Waals surface area contributed by atoms with Crippen molar-refractivity contribution < 1.29 is 31.9 Å². The van der Waals surface area contributed by atoms with Crippen molar-refractivity contribution in [3.05, 3.63) is 110 Å². The lowest BCUT2D eigenvalue weighted by molar-refractivity contribution is -0.122. The van der Waals surface area contributed by atoms with Crippen LogP contribution in [-0.2, 0) is 29.1 Å². The topological polar surface area (TPSA) is 97.2 Å². The van der Waals surface area contributed by atoms with E-state index in [1.807, 2.05) is 0 Å². The molecule has 3 amide bonds. The van der Waals surface area contributed by atoms with Gasteiger partial charge in [-0.1, -0.05) is 19.1 Å². The number of halogens is 5. The molecule has 4 aromatic rings. The van der Waals surface area contributed by atoms with Crippen LogP contribution in [0.2, 0.25) is 0 Å². The summed E-state index contributed by atoms with van der Waals surface area (Å²) in [5.74, 6) is -7.33. The zero-order valence-corrected chi connectivity index (χ0v) is 25.5. The van der Waals surface area contributed by atoms with E-state index in [4.69, 9.17) is 0 Å². The lowest BCUT2D eigenvalue weighted by atomic mass is 10.00. The van der Waals surface area contributed by atoms with E-state index in [2.05, 4.69) is 31.3 Å². The summed E-state index contributed by atoms with van der Waals surface area (Å²) in [4.78, 5) is 44.8. The zero-order valence-electron chi connectivity index (χ0n) is 23.9. The van der Waals surface area contributed by atoms with E-state index in [-0.39, 0.29) is 44.7 Å². The van der Waals surface area contributed by atoms with Gasteiger partial charge in [-0.15, -0.1) is 0 Å². The van der Waals surface area contributed by atoms with Crippen LogP contribution >= 0.6 is 15.9 Å². The number of carbonyl (C=O) groups is 3. The van der Waals surface area contributed by atoms with Crippen molar-refractivity contribution in [1.82, 2.24) is 20.1 Å². The second-order valence-electron chi connectivity index (χ2n) is 11.9. The van der Waals surface area contributed by atoms with Gasteiger partial charge >= 0.3 is 0 Å². The number of alkyl halides is 2. The predicted octanol–water partition coefficient (Wildman–Crippen LogP) is 5.91. The summed E-state index contributed by atoms with van der Waals surface area (Å²) in [5, 5.41) is 7.03. The number of anilines is 1. The number of imide groups is 1. The third kappa shape index (κ3) is 4.58. The molecule has 1 aliphatic heterocycles. The minimum atomic E-state index is -3.13. The SMILES string of the molecule is Cc1nn(CC(=O)N[C@@H](Cc2cc(F)cc(F)c2)c2ncc(N3C(=O)c4ccccc4C3=O)cc2Br)c2c1[C@@]1(C)C[C@H]1C2(F)F. The smallest absolute Gasteiger partial charge is 0.293 e. The van der Waals surface area contributed by atoms with E-state index in [1.165, 1.54) is 12.3 Å². The van der Waals surface area contributed by atoms with Crippen molar-refractivity contribution >= 4 is 39.3 Å². The summed E-state index contributed by atoms with van der Waals surface area (Å²) in [6, 6.07) is 9.81. The largest absolute Gasteiger partial charge is 0.346 e. The second-order valence-corrected chi connectivity index (χ2v) is 12.8. The molecule has 2 aromatic heterocycles. The average Bonchev–Trinajstić information content (AvgIpc) is 3.38. The van der Waals surface area contributed by atoms with Gasteiger partial charge in [-0.25, -0.2) is 13.7 Å². The van der Waals surface area contributed by atoms with Gasteiger partial charge in [0.05, 0.1) is 40.4 Å². The van der Waals surface area contributed by atoms with Gasteiger partial charge in [0, 0.05) is 27.4 Å². The van der Waals surface area contributed by atoms with Crippen molar-refractivity contribution in [3.63, 3.8) is 0 Å². The molecule has 2 aliphatic carbocycles. The van der Waals surface area contributed by atoms with Gasteiger partial charge in [0.25, 0.3) is 17.7 Å². The number of nitrogens with zero attached hydrogens (tertiary/aromatic N) is 4. The number of amides is 3. The van der Waals surface area contributed by atoms with Crippen molar-refractivity contribution in [2.24, 2.45) is 5.92 Å². The number of rotatable bonds is 7. The van der Waals surface area contributed by atoms with E-state index >= 15 is 8.78 Å². The van der Waals surface area contributed by atoms with Crippen LogP contribution < -0.4 is 10.2 Å². The maximum atomic E-state index is 15.3. The first-order chi connectivity index (χ1) is 21.3. The number of carbonyl (C=O) groups excluding carboxylic acids is 3. The third-order valence-corrected chi connectivity index (χ3v) is 9.55. The summed E-state index contributed by atoms with van der Waals surface area (Å²) in [6.07, 6.45) is 1.52. The van der Waals surface area contributed by atoms with Crippen molar-refractivity contribution in [2.75, 3.05) is 4.90 Å². The molecule has 0 unspecified atom stereocenters. The Morgan fingerprint density at radius 3 is 2.36 bits per heavy atom. The molecule has 2 aromatic carbocycles. The van der Waals surface area contributed by atoms with Gasteiger partial charge in [-0.3, -0.25) is 24.0 Å². The summed E-state index contributed by atoms with van der Waals surface area (Å²) >= 11 is 3.42. The van der Waals surface area contributed by atoms with Gasteiger partial charge in [-0.2, -0.15) is 13.9 Å². The predicted molar refractivity (Wildman–Crippen MR) is 157 cm³/mol. The van der Waals surface area contributed by atoms with E-state index in [0.717, 1.165) is 21.7 Å². The highest BCUT2D eigenvalue weighted by Gasteiger charge is 2.73. The molecule has 1 saturated carbocycles. The zero-order chi connectivity index (χ0) is 32.0. The van der Waals surface area contributed by atoms with Crippen LogP contribution in [0.15, 0.2) is 59.2 Å². The summed E-state index contributed by atoms with van der Waals surface area (Å²) in [5.41, 5.74) is 1.07. The fourth-order valence-electron chi connectivity index (χ4n) is 6.85. The first-order valence-electron chi connectivity index (χ1n) is 14.1. The monoisotopic (exact) mass is 681 g/mol. The lowest BCUT2D eigenvalue weighted by Crippen LogP contribution is -2.35. The summed E-state index contributed by atoms with van der Waals surface area (Å²) in [7, 11) is 0. The fraction of sp³-hybridized carbons (Fsp3) is 0.281. The molecule has 3 atom stereocenters. The van der Waals surface area contributed by atoms with Gasteiger partial charge in [-0.05, 0) is 71.6 Å². The minimum absolute atomic E-state index is 0.120. The molecule has 1 N–H and O–H groups in total. The van der Waals surface area contributed by atoms with Crippen molar-refractivity contribution in [3.8, 4) is 0 Å². The molecule has 3 heterocycles. The number of nitrogens with one attached hydrogen (secondary N) is 1. The first kappa shape index (κ1) is 29.3. The molecular formula is C32H24BrF4N5O3. The van der Waals surface area contributed by atoms with Crippen molar-refractivity contribution in [2.45, 2.75) is 50.6 Å². The van der Waals surface area contributed by atoms with E-state index in [1.54, 1.807) is 38.1 Å². The Balaban J connectivity index is 1.19. The Labute approximate surface area is 262 Å². The van der Waals surface area contributed by atoms with Crippen molar-refractivity contribution in [1.29, 1.82) is 0 Å². The quantitative estimate of drug-likeness (QED) is 0.193. The van der Waals surface area contributed by atoms with Crippen LogP contribution in [0.4, 0.5) is 23.2 Å². The number of pyridine rings is 1. The van der Waals surface area contributed by atoms with Gasteiger partial charge in [0.2, 0.25) is 5.91 Å². The van der Waals surface area contributed by atoms with E-state index in [9.17, 15) is 23.2 Å². The number of fused-ring (bicyclic) bond motifs is 4. The Bertz CT molecular complexity index is 1910. The number of benzene rings is 2. The Hall–Kier alpha value is -4.39. The maximum Gasteiger partial charge on any atom is 0.293 e. The molecule has 230 valence electrons.